The van der Waals surface area contributed by atoms with Crippen molar-refractivity contribution in [2.24, 2.45) is 0 Å². The largest absolute Gasteiger partial charge is 0.304 e. The van der Waals surface area contributed by atoms with Crippen LogP contribution in [0.1, 0.15) is 60.7 Å². The summed E-state index contributed by atoms with van der Waals surface area (Å²) in [6.07, 6.45) is 7.78. The number of hydrogen-bond acceptors (Lipinski definition) is 3. The van der Waals surface area contributed by atoms with E-state index in [-0.39, 0.29) is 6.04 Å². The summed E-state index contributed by atoms with van der Waals surface area (Å²) in [5, 5.41) is 3.55. The van der Waals surface area contributed by atoms with Crippen LogP contribution < -0.4 is 5.32 Å². The van der Waals surface area contributed by atoms with E-state index in [0.717, 1.165) is 17.9 Å². The Balaban J connectivity index is 1.99. The minimum atomic E-state index is 0.0902. The molecule has 3 heteroatoms. The molecular formula is C18H23N3. The molecule has 21 heavy (non-hydrogen) atoms. The predicted octanol–water partition coefficient (Wildman–Crippen LogP) is 3.75. The second-order valence-corrected chi connectivity index (χ2v) is 5.87. The first kappa shape index (κ1) is 14.2. The topological polar surface area (TPSA) is 37.8 Å². The van der Waals surface area contributed by atoms with Crippen LogP contribution in [0.3, 0.4) is 0 Å². The van der Waals surface area contributed by atoms with Crippen molar-refractivity contribution in [1.29, 1.82) is 0 Å². The monoisotopic (exact) mass is 281 g/mol. The summed E-state index contributed by atoms with van der Waals surface area (Å²) in [6.45, 7) is 5.06. The quantitative estimate of drug-likeness (QED) is 0.907. The summed E-state index contributed by atoms with van der Waals surface area (Å²) in [4.78, 5) is 9.09. The first-order chi connectivity index (χ1) is 10.3. The van der Waals surface area contributed by atoms with E-state index in [9.17, 15) is 0 Å². The normalized spacial score (nSPS) is 16.5. The average molecular weight is 281 g/mol. The zero-order valence-electron chi connectivity index (χ0n) is 12.8. The molecule has 0 bridgehead atoms. The number of nitrogens with one attached hydrogen (secondary N) is 1. The molecule has 1 saturated carbocycles. The Morgan fingerprint density at radius 1 is 1.19 bits per heavy atom. The molecule has 1 fully saturated rings. The lowest BCUT2D eigenvalue weighted by Crippen LogP contribution is -2.26. The van der Waals surface area contributed by atoms with Gasteiger partial charge in [-0.1, -0.05) is 37.6 Å². The summed E-state index contributed by atoms with van der Waals surface area (Å²) < 4.78 is 0. The Morgan fingerprint density at radius 2 is 1.90 bits per heavy atom. The Kier molecular flexibility index (Phi) is 4.30. The van der Waals surface area contributed by atoms with Gasteiger partial charge in [0.1, 0.15) is 5.82 Å². The van der Waals surface area contributed by atoms with Gasteiger partial charge >= 0.3 is 0 Å². The lowest BCUT2D eigenvalue weighted by atomic mass is 9.77. The molecule has 1 aliphatic carbocycles. The van der Waals surface area contributed by atoms with Gasteiger partial charge in [-0.2, -0.15) is 0 Å². The van der Waals surface area contributed by atoms with Gasteiger partial charge in [-0.15, -0.1) is 0 Å². The third-order valence-electron chi connectivity index (χ3n) is 4.32. The molecular weight excluding hydrogens is 258 g/mol. The van der Waals surface area contributed by atoms with E-state index in [1.54, 1.807) is 0 Å². The van der Waals surface area contributed by atoms with E-state index in [0.29, 0.717) is 5.92 Å². The van der Waals surface area contributed by atoms with E-state index in [2.05, 4.69) is 46.5 Å². The number of nitrogens with zero attached hydrogens (tertiary/aromatic N) is 2. The first-order valence-electron chi connectivity index (χ1n) is 7.90. The molecule has 110 valence electrons. The average Bonchev–Trinajstić information content (AvgIpc) is 2.45. The highest BCUT2D eigenvalue weighted by Gasteiger charge is 2.26. The molecule has 0 radical (unpaired) electrons. The summed E-state index contributed by atoms with van der Waals surface area (Å²) in [5.41, 5.74) is 3.91. The fraction of sp³-hybridized carbons (Fsp3) is 0.444. The van der Waals surface area contributed by atoms with Crippen LogP contribution in [0.2, 0.25) is 0 Å². The van der Waals surface area contributed by atoms with Gasteiger partial charge in [0.25, 0.3) is 0 Å². The first-order valence-corrected chi connectivity index (χ1v) is 7.90. The highest BCUT2D eigenvalue weighted by atomic mass is 15.0. The van der Waals surface area contributed by atoms with E-state index in [4.69, 9.17) is 0 Å². The van der Waals surface area contributed by atoms with Gasteiger partial charge in [0.05, 0.1) is 6.04 Å². The zero-order chi connectivity index (χ0) is 14.7. The zero-order valence-corrected chi connectivity index (χ0v) is 12.8. The highest BCUT2D eigenvalue weighted by molar-refractivity contribution is 5.37. The van der Waals surface area contributed by atoms with Crippen LogP contribution in [-0.4, -0.2) is 16.5 Å². The molecule has 3 rings (SSSR count). The number of aromatic nitrogens is 2. The van der Waals surface area contributed by atoms with Gasteiger partial charge < -0.3 is 5.32 Å². The maximum Gasteiger partial charge on any atom is 0.149 e. The van der Waals surface area contributed by atoms with Crippen LogP contribution in [0, 0.1) is 6.92 Å². The molecule has 0 aliphatic heterocycles. The van der Waals surface area contributed by atoms with Crippen molar-refractivity contribution in [2.45, 2.75) is 45.1 Å². The number of benzene rings is 1. The minimum absolute atomic E-state index is 0.0902. The molecule has 0 amide bonds. The minimum Gasteiger partial charge on any atom is -0.304 e. The second-order valence-electron chi connectivity index (χ2n) is 5.87. The highest BCUT2D eigenvalue weighted by Crippen LogP contribution is 2.40. The van der Waals surface area contributed by atoms with E-state index < -0.39 is 0 Å². The van der Waals surface area contributed by atoms with Crippen LogP contribution >= 0.6 is 0 Å². The van der Waals surface area contributed by atoms with E-state index >= 15 is 0 Å². The van der Waals surface area contributed by atoms with Crippen molar-refractivity contribution >= 4 is 0 Å². The smallest absolute Gasteiger partial charge is 0.149 e. The number of aryl methyl sites for hydroxylation is 1. The fourth-order valence-electron chi connectivity index (χ4n) is 2.96. The fourth-order valence-corrected chi connectivity index (χ4v) is 2.96. The van der Waals surface area contributed by atoms with Gasteiger partial charge in [0.15, 0.2) is 0 Å². The molecule has 1 unspecified atom stereocenters. The SMILES string of the molecule is CCNC(c1ncc(C)cn1)c1ccccc1C1CCC1. The van der Waals surface area contributed by atoms with Crippen molar-refractivity contribution in [2.75, 3.05) is 6.54 Å². The van der Waals surface area contributed by atoms with Gasteiger partial charge in [0, 0.05) is 12.4 Å². The van der Waals surface area contributed by atoms with Crippen molar-refractivity contribution < 1.29 is 0 Å². The van der Waals surface area contributed by atoms with Crippen LogP contribution in [0.5, 0.6) is 0 Å². The Hall–Kier alpha value is -1.74. The summed E-state index contributed by atoms with van der Waals surface area (Å²) >= 11 is 0. The van der Waals surface area contributed by atoms with Crippen molar-refractivity contribution in [3.8, 4) is 0 Å². The Labute approximate surface area is 126 Å². The third kappa shape index (κ3) is 2.98. The van der Waals surface area contributed by atoms with Crippen LogP contribution in [0.15, 0.2) is 36.7 Å². The van der Waals surface area contributed by atoms with Crippen LogP contribution in [-0.2, 0) is 0 Å². The number of hydrogen-bond donors (Lipinski definition) is 1. The molecule has 1 aromatic carbocycles. The molecule has 1 aromatic heterocycles. The molecule has 2 aromatic rings. The number of rotatable bonds is 5. The predicted molar refractivity (Wildman–Crippen MR) is 85.3 cm³/mol. The Bertz CT molecular complexity index is 588. The maximum absolute atomic E-state index is 4.54. The third-order valence-corrected chi connectivity index (χ3v) is 4.32. The maximum atomic E-state index is 4.54. The standard InChI is InChI=1S/C18H23N3/c1-3-19-17(18-20-11-13(2)12-21-18)16-10-5-4-9-15(16)14-7-6-8-14/h4-5,9-12,14,17,19H,3,6-8H2,1-2H3. The lowest BCUT2D eigenvalue weighted by molar-refractivity contribution is 0.413. The Morgan fingerprint density at radius 3 is 2.52 bits per heavy atom. The molecule has 1 aliphatic rings. The van der Waals surface area contributed by atoms with Gasteiger partial charge in [-0.3, -0.25) is 0 Å². The molecule has 1 heterocycles. The van der Waals surface area contributed by atoms with Crippen molar-refractivity contribution in [3.05, 3.63) is 59.2 Å². The molecule has 1 N–H and O–H groups in total. The van der Waals surface area contributed by atoms with Crippen molar-refractivity contribution in [3.63, 3.8) is 0 Å². The summed E-state index contributed by atoms with van der Waals surface area (Å²) in [6, 6.07) is 8.86. The summed E-state index contributed by atoms with van der Waals surface area (Å²) in [7, 11) is 0. The van der Waals surface area contributed by atoms with Crippen LogP contribution in [0.25, 0.3) is 0 Å². The molecule has 0 spiro atoms. The van der Waals surface area contributed by atoms with E-state index in [1.807, 2.05) is 19.3 Å². The van der Waals surface area contributed by atoms with Crippen molar-refractivity contribution in [1.82, 2.24) is 15.3 Å². The van der Waals surface area contributed by atoms with Gasteiger partial charge in [0.2, 0.25) is 0 Å². The van der Waals surface area contributed by atoms with Crippen LogP contribution in [0.4, 0.5) is 0 Å². The molecule has 0 saturated heterocycles. The van der Waals surface area contributed by atoms with E-state index in [1.165, 1.54) is 30.4 Å². The van der Waals surface area contributed by atoms with Gasteiger partial charge in [-0.25, -0.2) is 9.97 Å². The lowest BCUT2D eigenvalue weighted by Gasteiger charge is -2.30. The van der Waals surface area contributed by atoms with Gasteiger partial charge in [-0.05, 0) is 48.9 Å². The molecule has 3 nitrogen and oxygen atoms in total. The molecule has 1 atom stereocenters. The second kappa shape index (κ2) is 6.35. The summed E-state index contributed by atoms with van der Waals surface area (Å²) in [5.74, 6) is 1.59.